The van der Waals surface area contributed by atoms with Crippen molar-refractivity contribution >= 4 is 38.5 Å². The molecule has 8 nitrogen and oxygen atoms in total. The Labute approximate surface area is 164 Å². The van der Waals surface area contributed by atoms with Crippen LogP contribution in [0.25, 0.3) is 11.0 Å². The van der Waals surface area contributed by atoms with Crippen LogP contribution < -0.4 is 10.9 Å². The Bertz CT molecular complexity index is 1370. The first-order chi connectivity index (χ1) is 13.8. The Kier molecular flexibility index (Phi) is 3.66. The van der Waals surface area contributed by atoms with Crippen LogP contribution in [-0.4, -0.2) is 30.6 Å². The van der Waals surface area contributed by atoms with Crippen LogP contribution in [0, 0.1) is 0 Å². The lowest BCUT2D eigenvalue weighted by molar-refractivity contribution is 0.0864. The summed E-state index contributed by atoms with van der Waals surface area (Å²) >= 11 is 0. The zero-order valence-corrected chi connectivity index (χ0v) is 15.7. The molecule has 146 valence electrons. The summed E-state index contributed by atoms with van der Waals surface area (Å²) in [5, 5.41) is 3.32. The number of hydrogen-bond acceptors (Lipinski definition) is 6. The van der Waals surface area contributed by atoms with Gasteiger partial charge in [0, 0.05) is 28.7 Å². The van der Waals surface area contributed by atoms with Gasteiger partial charge in [0.05, 0.1) is 5.56 Å². The van der Waals surface area contributed by atoms with E-state index in [-0.39, 0.29) is 22.1 Å². The van der Waals surface area contributed by atoms with Crippen molar-refractivity contribution in [1.82, 2.24) is 4.31 Å². The summed E-state index contributed by atoms with van der Waals surface area (Å²) in [6.07, 6.45) is 1.32. The molecular formula is C20H14N2O6S. The number of anilines is 1. The highest BCUT2D eigenvalue weighted by molar-refractivity contribution is 7.90. The molecule has 5 rings (SSSR count). The molecule has 0 atom stereocenters. The predicted molar refractivity (Wildman–Crippen MR) is 103 cm³/mol. The molecule has 1 N–H and O–H groups in total. The van der Waals surface area contributed by atoms with Gasteiger partial charge in [0.15, 0.2) is 0 Å². The maximum Gasteiger partial charge on any atom is 0.336 e. The lowest BCUT2D eigenvalue weighted by Crippen LogP contribution is -2.31. The molecule has 0 saturated heterocycles. The van der Waals surface area contributed by atoms with E-state index in [0.29, 0.717) is 29.5 Å². The van der Waals surface area contributed by atoms with Gasteiger partial charge in [0.2, 0.25) is 0 Å². The normalized spacial score (nSPS) is 17.4. The van der Waals surface area contributed by atoms with Crippen molar-refractivity contribution in [1.29, 1.82) is 0 Å². The first kappa shape index (κ1) is 17.6. The van der Waals surface area contributed by atoms with E-state index in [9.17, 15) is 22.8 Å². The Hall–Kier alpha value is -3.46. The van der Waals surface area contributed by atoms with E-state index in [1.165, 1.54) is 24.3 Å². The Morgan fingerprint density at radius 3 is 2.59 bits per heavy atom. The maximum absolute atomic E-state index is 12.7. The van der Waals surface area contributed by atoms with E-state index < -0.39 is 27.5 Å². The summed E-state index contributed by atoms with van der Waals surface area (Å²) in [7, 11) is -3.93. The molecule has 1 aliphatic carbocycles. The molecule has 1 aromatic heterocycles. The predicted octanol–water partition coefficient (Wildman–Crippen LogP) is 2.35. The van der Waals surface area contributed by atoms with E-state index in [1.54, 1.807) is 24.3 Å². The number of carbonyl (C=O) groups is 2. The van der Waals surface area contributed by atoms with Crippen LogP contribution in [0.2, 0.25) is 0 Å². The molecule has 2 aliphatic rings. The van der Waals surface area contributed by atoms with Crippen molar-refractivity contribution in [2.24, 2.45) is 0 Å². The van der Waals surface area contributed by atoms with Gasteiger partial charge in [-0.1, -0.05) is 0 Å². The van der Waals surface area contributed by atoms with Gasteiger partial charge in [-0.25, -0.2) is 17.5 Å². The van der Waals surface area contributed by atoms with Crippen molar-refractivity contribution in [3.05, 3.63) is 70.1 Å². The van der Waals surface area contributed by atoms with Gasteiger partial charge in [0.1, 0.15) is 10.5 Å². The highest BCUT2D eigenvalue weighted by Crippen LogP contribution is 2.39. The van der Waals surface area contributed by atoms with Gasteiger partial charge >= 0.3 is 5.63 Å². The maximum atomic E-state index is 12.7. The number of amides is 2. The van der Waals surface area contributed by atoms with E-state index in [2.05, 4.69) is 5.32 Å². The summed E-state index contributed by atoms with van der Waals surface area (Å²) in [6.45, 7) is 0. The van der Waals surface area contributed by atoms with Gasteiger partial charge in [-0.3, -0.25) is 9.59 Å². The van der Waals surface area contributed by atoms with Crippen molar-refractivity contribution in [2.45, 2.75) is 23.8 Å². The minimum Gasteiger partial charge on any atom is -0.423 e. The van der Waals surface area contributed by atoms with Crippen LogP contribution in [0.4, 0.5) is 5.69 Å². The van der Waals surface area contributed by atoms with Gasteiger partial charge in [-0.05, 0) is 55.3 Å². The van der Waals surface area contributed by atoms with Gasteiger partial charge in [-0.2, -0.15) is 0 Å². The molecule has 1 saturated carbocycles. The second kappa shape index (κ2) is 6.02. The van der Waals surface area contributed by atoms with Gasteiger partial charge < -0.3 is 9.73 Å². The topological polar surface area (TPSA) is 114 Å². The molecule has 2 aromatic carbocycles. The van der Waals surface area contributed by atoms with E-state index in [4.69, 9.17) is 4.42 Å². The molecule has 0 radical (unpaired) electrons. The molecular weight excluding hydrogens is 396 g/mol. The van der Waals surface area contributed by atoms with Crippen LogP contribution in [0.1, 0.15) is 33.6 Å². The molecule has 29 heavy (non-hydrogen) atoms. The zero-order valence-electron chi connectivity index (χ0n) is 14.9. The number of rotatable bonds is 3. The van der Waals surface area contributed by atoms with Crippen molar-refractivity contribution in [2.75, 3.05) is 5.32 Å². The second-order valence-electron chi connectivity index (χ2n) is 7.01. The molecule has 3 aromatic rings. The number of hydrogen-bond donors (Lipinski definition) is 1. The van der Waals surface area contributed by atoms with Crippen LogP contribution in [0.3, 0.4) is 0 Å². The summed E-state index contributed by atoms with van der Waals surface area (Å²) in [6, 6.07) is 11.4. The molecule has 2 heterocycles. The average Bonchev–Trinajstić information content (AvgIpc) is 3.49. The summed E-state index contributed by atoms with van der Waals surface area (Å²) in [4.78, 5) is 36.2. The molecule has 2 amide bonds. The lowest BCUT2D eigenvalue weighted by atomic mass is 10.1. The summed E-state index contributed by atoms with van der Waals surface area (Å²) in [5.41, 5.74) is 0.586. The Morgan fingerprint density at radius 1 is 1.03 bits per heavy atom. The highest BCUT2D eigenvalue weighted by atomic mass is 32.2. The van der Waals surface area contributed by atoms with Crippen molar-refractivity contribution in [3.63, 3.8) is 0 Å². The number of sulfonamides is 1. The van der Waals surface area contributed by atoms with E-state index in [1.807, 2.05) is 0 Å². The minimum absolute atomic E-state index is 0.0918. The largest absolute Gasteiger partial charge is 0.423 e. The summed E-state index contributed by atoms with van der Waals surface area (Å²) in [5.74, 6) is -1.05. The third-order valence-electron chi connectivity index (χ3n) is 4.97. The molecule has 0 bridgehead atoms. The summed E-state index contributed by atoms with van der Waals surface area (Å²) < 4.78 is 31.4. The quantitative estimate of drug-likeness (QED) is 0.663. The molecule has 0 spiro atoms. The standard InChI is InChI=1S/C20H14N2O6S/c23-18-8-2-11-9-13(3-7-16(11)28-18)21-19(24)12-1-6-15-17(10-12)29(26,27)22(20(15)25)14-4-5-14/h1-3,6-10,14H,4-5H2,(H,21,24). The second-order valence-corrected chi connectivity index (χ2v) is 8.79. The van der Waals surface area contributed by atoms with Crippen LogP contribution in [0.15, 0.2) is 62.6 Å². The lowest BCUT2D eigenvalue weighted by Gasteiger charge is -2.13. The average molecular weight is 410 g/mol. The number of fused-ring (bicyclic) bond motifs is 2. The van der Waals surface area contributed by atoms with E-state index in [0.717, 1.165) is 4.31 Å². The van der Waals surface area contributed by atoms with Gasteiger partial charge in [-0.15, -0.1) is 0 Å². The number of nitrogens with zero attached hydrogens (tertiary/aromatic N) is 1. The third-order valence-corrected chi connectivity index (χ3v) is 6.84. The number of benzene rings is 2. The van der Waals surface area contributed by atoms with Crippen molar-refractivity contribution in [3.8, 4) is 0 Å². The van der Waals surface area contributed by atoms with Gasteiger partial charge in [0.25, 0.3) is 21.8 Å². The Morgan fingerprint density at radius 2 is 1.83 bits per heavy atom. The first-order valence-electron chi connectivity index (χ1n) is 8.93. The molecule has 1 aliphatic heterocycles. The van der Waals surface area contributed by atoms with E-state index >= 15 is 0 Å². The van der Waals surface area contributed by atoms with Crippen molar-refractivity contribution < 1.29 is 22.4 Å². The fourth-order valence-electron chi connectivity index (χ4n) is 3.41. The Balaban J connectivity index is 1.46. The SMILES string of the molecule is O=C(Nc1ccc2oc(=O)ccc2c1)c1ccc2c(c1)S(=O)(=O)N(C1CC1)C2=O. The fraction of sp³-hybridized carbons (Fsp3) is 0.150. The molecule has 1 fully saturated rings. The first-order valence-corrected chi connectivity index (χ1v) is 10.4. The number of carbonyl (C=O) groups excluding carboxylic acids is 2. The smallest absolute Gasteiger partial charge is 0.336 e. The monoisotopic (exact) mass is 410 g/mol. The highest BCUT2D eigenvalue weighted by Gasteiger charge is 2.48. The molecule has 0 unspecified atom stereocenters. The van der Waals surface area contributed by atoms with Crippen LogP contribution >= 0.6 is 0 Å². The molecule has 9 heteroatoms. The number of nitrogens with one attached hydrogen (secondary N) is 1. The van der Waals surface area contributed by atoms with Crippen LogP contribution in [-0.2, 0) is 10.0 Å². The fourth-order valence-corrected chi connectivity index (χ4v) is 5.25. The van der Waals surface area contributed by atoms with Crippen LogP contribution in [0.5, 0.6) is 0 Å². The third kappa shape index (κ3) is 2.82. The minimum atomic E-state index is -3.93. The zero-order chi connectivity index (χ0) is 20.3.